The molecule has 0 amide bonds. The van der Waals surface area contributed by atoms with Crippen LogP contribution in [0.3, 0.4) is 0 Å². The molecule has 0 spiro atoms. The zero-order valence-corrected chi connectivity index (χ0v) is 13.0. The third kappa shape index (κ3) is 15.5. The number of rotatable bonds is 9. The van der Waals surface area contributed by atoms with E-state index in [9.17, 15) is 9.59 Å². The normalized spacial score (nSPS) is 13.1. The van der Waals surface area contributed by atoms with Gasteiger partial charge in [0.25, 0.3) is 0 Å². The lowest BCUT2D eigenvalue weighted by Crippen LogP contribution is -2.30. The van der Waals surface area contributed by atoms with Gasteiger partial charge in [-0.3, -0.25) is 9.59 Å². The molecule has 8 heteroatoms. The first-order valence-electron chi connectivity index (χ1n) is 5.90. The third-order valence-corrected chi connectivity index (χ3v) is 3.62. The molecule has 0 rings (SSSR count). The van der Waals surface area contributed by atoms with E-state index in [0.717, 1.165) is 17.3 Å². The quantitative estimate of drug-likeness (QED) is 0.458. The van der Waals surface area contributed by atoms with Crippen LogP contribution in [0.2, 0.25) is 0 Å². The lowest BCUT2D eigenvalue weighted by atomic mass is 10.2. The molecule has 114 valence electrons. The Kier molecular flexibility index (Phi) is 15.4. The number of carboxylic acids is 2. The maximum Gasteiger partial charge on any atom is 0.320 e. The molecule has 2 atom stereocenters. The average Bonchev–Trinajstić information content (AvgIpc) is 2.36. The highest BCUT2D eigenvalue weighted by Crippen LogP contribution is 2.02. The van der Waals surface area contributed by atoms with E-state index in [4.69, 9.17) is 21.7 Å². The van der Waals surface area contributed by atoms with Crippen molar-refractivity contribution < 1.29 is 19.8 Å². The second-order valence-electron chi connectivity index (χ2n) is 3.66. The van der Waals surface area contributed by atoms with Gasteiger partial charge in [-0.05, 0) is 36.4 Å². The second-order valence-corrected chi connectivity index (χ2v) is 6.04. The van der Waals surface area contributed by atoms with Crippen molar-refractivity contribution in [2.24, 2.45) is 11.5 Å². The number of hydrogen-bond donors (Lipinski definition) is 4. The third-order valence-electron chi connectivity index (χ3n) is 2.04. The van der Waals surface area contributed by atoms with Crippen LogP contribution in [0.1, 0.15) is 19.8 Å². The molecule has 0 heterocycles. The van der Waals surface area contributed by atoms with Crippen LogP contribution in [-0.2, 0) is 9.59 Å². The summed E-state index contributed by atoms with van der Waals surface area (Å²) in [4.78, 5) is 20.2. The lowest BCUT2D eigenvalue weighted by Gasteiger charge is -2.03. The van der Waals surface area contributed by atoms with E-state index < -0.39 is 24.0 Å². The van der Waals surface area contributed by atoms with Gasteiger partial charge in [0.1, 0.15) is 12.1 Å². The van der Waals surface area contributed by atoms with Crippen molar-refractivity contribution in [1.82, 2.24) is 0 Å². The molecule has 0 aliphatic rings. The minimum Gasteiger partial charge on any atom is -0.480 e. The predicted octanol–water partition coefficient (Wildman–Crippen LogP) is 0.693. The van der Waals surface area contributed by atoms with E-state index in [1.165, 1.54) is 0 Å². The summed E-state index contributed by atoms with van der Waals surface area (Å²) in [5.74, 6) is 0.852. The Labute approximate surface area is 122 Å². The van der Waals surface area contributed by atoms with Gasteiger partial charge in [0.15, 0.2) is 0 Å². The molecule has 19 heavy (non-hydrogen) atoms. The van der Waals surface area contributed by atoms with Crippen LogP contribution in [0, 0.1) is 0 Å². The smallest absolute Gasteiger partial charge is 0.320 e. The minimum absolute atomic E-state index is 0.552. The standard InChI is InChI=1S/C6H13NO2S.C5H11NO2S/c1-2-10-4-3-5(7)6(8)9;1-9-3-2-4(6)5(7)8/h5H,2-4,7H2,1H3,(H,8,9);4H,2-3,6H2,1H3,(H,7,8)/t5-;4-/m00/s1. The molecule has 0 fully saturated rings. The SMILES string of the molecule is CCSCC[C@H](N)C(=O)O.CSCC[C@H](N)C(=O)O. The number of hydrogen-bond acceptors (Lipinski definition) is 6. The molecule has 0 aromatic rings. The fourth-order valence-corrected chi connectivity index (χ4v) is 2.05. The fraction of sp³-hybridized carbons (Fsp3) is 0.818. The van der Waals surface area contributed by atoms with E-state index in [-0.39, 0.29) is 0 Å². The molecule has 0 aromatic heterocycles. The van der Waals surface area contributed by atoms with Crippen LogP contribution in [0.15, 0.2) is 0 Å². The molecule has 0 saturated carbocycles. The highest BCUT2D eigenvalue weighted by Gasteiger charge is 2.09. The topological polar surface area (TPSA) is 127 Å². The maximum absolute atomic E-state index is 10.2. The minimum atomic E-state index is -0.913. The summed E-state index contributed by atoms with van der Waals surface area (Å²) in [5, 5.41) is 16.6. The first kappa shape index (κ1) is 20.9. The maximum atomic E-state index is 10.2. The van der Waals surface area contributed by atoms with Crippen LogP contribution in [0.4, 0.5) is 0 Å². The Morgan fingerprint density at radius 2 is 1.47 bits per heavy atom. The summed E-state index contributed by atoms with van der Waals surface area (Å²) in [5.41, 5.74) is 10.4. The van der Waals surface area contributed by atoms with Gasteiger partial charge in [-0.25, -0.2) is 0 Å². The number of carbonyl (C=O) groups is 2. The van der Waals surface area contributed by atoms with Crippen molar-refractivity contribution in [1.29, 1.82) is 0 Å². The predicted molar refractivity (Wildman–Crippen MR) is 81.8 cm³/mol. The molecule has 6 N–H and O–H groups in total. The molecule has 0 saturated heterocycles. The molecular weight excluding hydrogens is 288 g/mol. The Bertz CT molecular complexity index is 255. The van der Waals surface area contributed by atoms with Gasteiger partial charge < -0.3 is 21.7 Å². The molecule has 0 bridgehead atoms. The van der Waals surface area contributed by atoms with Crippen LogP contribution in [0.25, 0.3) is 0 Å². The van der Waals surface area contributed by atoms with Crippen LogP contribution >= 0.6 is 23.5 Å². The van der Waals surface area contributed by atoms with Crippen molar-refractivity contribution in [2.45, 2.75) is 31.8 Å². The van der Waals surface area contributed by atoms with Gasteiger partial charge in [0, 0.05) is 0 Å². The van der Waals surface area contributed by atoms with E-state index in [2.05, 4.69) is 0 Å². The molecule has 0 aliphatic carbocycles. The summed E-state index contributed by atoms with van der Waals surface area (Å²) >= 11 is 3.31. The van der Waals surface area contributed by atoms with Gasteiger partial charge in [-0.2, -0.15) is 23.5 Å². The first-order valence-corrected chi connectivity index (χ1v) is 8.45. The first-order chi connectivity index (χ1) is 8.86. The summed E-state index contributed by atoms with van der Waals surface area (Å²) in [6.07, 6.45) is 3.04. The molecule has 0 aliphatic heterocycles. The summed E-state index contributed by atoms with van der Waals surface area (Å²) in [6, 6.07) is -1.36. The average molecular weight is 312 g/mol. The van der Waals surface area contributed by atoms with Crippen LogP contribution in [0.5, 0.6) is 0 Å². The number of carboxylic acid groups (broad SMARTS) is 2. The van der Waals surface area contributed by atoms with Crippen LogP contribution < -0.4 is 11.5 Å². The Balaban J connectivity index is 0. The monoisotopic (exact) mass is 312 g/mol. The zero-order chi connectivity index (χ0) is 15.3. The summed E-state index contributed by atoms with van der Waals surface area (Å²) < 4.78 is 0. The molecular formula is C11H24N2O4S2. The zero-order valence-electron chi connectivity index (χ0n) is 11.4. The van der Waals surface area contributed by atoms with E-state index in [1.54, 1.807) is 23.5 Å². The van der Waals surface area contributed by atoms with Gasteiger partial charge in [-0.1, -0.05) is 6.92 Å². The van der Waals surface area contributed by atoms with Crippen molar-refractivity contribution in [3.05, 3.63) is 0 Å². The Hall–Kier alpha value is -0.440. The Morgan fingerprint density at radius 1 is 1.05 bits per heavy atom. The van der Waals surface area contributed by atoms with Crippen LogP contribution in [-0.4, -0.2) is 57.7 Å². The highest BCUT2D eigenvalue weighted by atomic mass is 32.2. The van der Waals surface area contributed by atoms with Crippen molar-refractivity contribution in [3.63, 3.8) is 0 Å². The lowest BCUT2D eigenvalue weighted by molar-refractivity contribution is -0.139. The van der Waals surface area contributed by atoms with E-state index in [0.29, 0.717) is 12.8 Å². The molecule has 6 nitrogen and oxygen atoms in total. The molecule has 0 unspecified atom stereocenters. The van der Waals surface area contributed by atoms with Gasteiger partial charge in [-0.15, -0.1) is 0 Å². The molecule has 0 radical (unpaired) electrons. The highest BCUT2D eigenvalue weighted by molar-refractivity contribution is 7.99. The van der Waals surface area contributed by atoms with E-state index >= 15 is 0 Å². The van der Waals surface area contributed by atoms with Crippen molar-refractivity contribution >= 4 is 35.5 Å². The number of thioether (sulfide) groups is 2. The van der Waals surface area contributed by atoms with Crippen molar-refractivity contribution in [2.75, 3.05) is 23.5 Å². The summed E-state index contributed by atoms with van der Waals surface area (Å²) in [7, 11) is 0. The van der Waals surface area contributed by atoms with E-state index in [1.807, 2.05) is 13.2 Å². The van der Waals surface area contributed by atoms with Gasteiger partial charge in [0.2, 0.25) is 0 Å². The number of aliphatic carboxylic acids is 2. The second kappa shape index (κ2) is 14.0. The number of nitrogens with two attached hydrogens (primary N) is 2. The van der Waals surface area contributed by atoms with Gasteiger partial charge >= 0.3 is 11.9 Å². The molecule has 0 aromatic carbocycles. The Morgan fingerprint density at radius 3 is 1.79 bits per heavy atom. The van der Waals surface area contributed by atoms with Crippen molar-refractivity contribution in [3.8, 4) is 0 Å². The largest absolute Gasteiger partial charge is 0.480 e. The fourth-order valence-electron chi connectivity index (χ4n) is 0.846. The van der Waals surface area contributed by atoms with Gasteiger partial charge in [0.05, 0.1) is 0 Å². The summed E-state index contributed by atoms with van der Waals surface area (Å²) in [6.45, 7) is 2.04.